The normalized spacial score (nSPS) is 11.0. The predicted octanol–water partition coefficient (Wildman–Crippen LogP) is 4.37. The van der Waals surface area contributed by atoms with Gasteiger partial charge in [0.2, 0.25) is 0 Å². The number of nitrogens with one attached hydrogen (secondary N) is 2. The Morgan fingerprint density at radius 2 is 1.48 bits per heavy atom. The largest absolute Gasteiger partial charge is 0.497 e. The van der Waals surface area contributed by atoms with E-state index in [1.54, 1.807) is 42.5 Å². The van der Waals surface area contributed by atoms with E-state index < -0.39 is 10.0 Å². The SMILES string of the molecule is COc1ccc(NS(=O)(=O)c2cc(NC(=O)c3ccc(C)c(C)c3)ccc2OC)cc1. The van der Waals surface area contributed by atoms with Crippen molar-refractivity contribution in [1.29, 1.82) is 0 Å². The molecule has 0 aliphatic rings. The van der Waals surface area contributed by atoms with E-state index in [1.807, 2.05) is 19.9 Å². The van der Waals surface area contributed by atoms with Crippen LogP contribution < -0.4 is 19.5 Å². The van der Waals surface area contributed by atoms with Crippen LogP contribution in [-0.4, -0.2) is 28.5 Å². The summed E-state index contributed by atoms with van der Waals surface area (Å²) in [5.41, 5.74) is 3.26. The second-order valence-electron chi connectivity index (χ2n) is 6.95. The molecule has 3 rings (SSSR count). The van der Waals surface area contributed by atoms with E-state index >= 15 is 0 Å². The molecule has 0 bridgehead atoms. The third-order valence-electron chi connectivity index (χ3n) is 4.82. The number of anilines is 2. The molecule has 0 saturated carbocycles. The maximum absolute atomic E-state index is 13.0. The molecule has 1 amide bonds. The lowest BCUT2D eigenvalue weighted by molar-refractivity contribution is 0.102. The zero-order valence-corrected chi connectivity index (χ0v) is 18.5. The fraction of sp³-hybridized carbons (Fsp3) is 0.174. The number of hydrogen-bond donors (Lipinski definition) is 2. The van der Waals surface area contributed by atoms with Crippen LogP contribution in [0.3, 0.4) is 0 Å². The first-order chi connectivity index (χ1) is 14.7. The molecule has 0 radical (unpaired) electrons. The van der Waals surface area contributed by atoms with Gasteiger partial charge in [0.05, 0.1) is 14.2 Å². The molecular weight excluding hydrogens is 416 g/mol. The zero-order valence-electron chi connectivity index (χ0n) is 17.7. The van der Waals surface area contributed by atoms with Gasteiger partial charge in [0.15, 0.2) is 0 Å². The Morgan fingerprint density at radius 3 is 2.10 bits per heavy atom. The highest BCUT2D eigenvalue weighted by molar-refractivity contribution is 7.92. The first kappa shape index (κ1) is 22.2. The van der Waals surface area contributed by atoms with Crippen molar-refractivity contribution in [2.45, 2.75) is 18.7 Å². The van der Waals surface area contributed by atoms with Gasteiger partial charge in [0.1, 0.15) is 16.4 Å². The smallest absolute Gasteiger partial charge is 0.265 e. The number of aryl methyl sites for hydroxylation is 2. The molecule has 0 unspecified atom stereocenters. The minimum absolute atomic E-state index is 0.0938. The monoisotopic (exact) mass is 440 g/mol. The summed E-state index contributed by atoms with van der Waals surface area (Å²) in [4.78, 5) is 12.5. The predicted molar refractivity (Wildman–Crippen MR) is 121 cm³/mol. The number of rotatable bonds is 7. The molecule has 31 heavy (non-hydrogen) atoms. The van der Waals surface area contributed by atoms with Crippen molar-refractivity contribution in [3.05, 3.63) is 77.4 Å². The lowest BCUT2D eigenvalue weighted by Crippen LogP contribution is -2.16. The van der Waals surface area contributed by atoms with Crippen LogP contribution in [0.15, 0.2) is 65.6 Å². The number of sulfonamides is 1. The second-order valence-corrected chi connectivity index (χ2v) is 8.60. The van der Waals surface area contributed by atoms with Crippen molar-refractivity contribution in [2.24, 2.45) is 0 Å². The van der Waals surface area contributed by atoms with E-state index in [2.05, 4.69) is 10.0 Å². The highest BCUT2D eigenvalue weighted by atomic mass is 32.2. The van der Waals surface area contributed by atoms with Crippen molar-refractivity contribution >= 4 is 27.3 Å². The van der Waals surface area contributed by atoms with Crippen LogP contribution in [0.1, 0.15) is 21.5 Å². The van der Waals surface area contributed by atoms with Gasteiger partial charge in [-0.1, -0.05) is 6.07 Å². The van der Waals surface area contributed by atoms with E-state index in [1.165, 1.54) is 26.4 Å². The molecule has 162 valence electrons. The van der Waals surface area contributed by atoms with Crippen LogP contribution in [-0.2, 0) is 10.0 Å². The summed E-state index contributed by atoms with van der Waals surface area (Å²) >= 11 is 0. The van der Waals surface area contributed by atoms with E-state index in [-0.39, 0.29) is 16.6 Å². The Kier molecular flexibility index (Phi) is 6.50. The highest BCUT2D eigenvalue weighted by Gasteiger charge is 2.21. The van der Waals surface area contributed by atoms with Crippen molar-refractivity contribution in [1.82, 2.24) is 0 Å². The molecule has 0 atom stereocenters. The molecule has 2 N–H and O–H groups in total. The second kappa shape index (κ2) is 9.09. The van der Waals surface area contributed by atoms with E-state index in [4.69, 9.17) is 9.47 Å². The summed E-state index contributed by atoms with van der Waals surface area (Å²) in [7, 11) is -1.06. The summed E-state index contributed by atoms with van der Waals surface area (Å²) in [5, 5.41) is 2.74. The number of carbonyl (C=O) groups is 1. The summed E-state index contributed by atoms with van der Waals surface area (Å²) < 4.78 is 38.8. The Balaban J connectivity index is 1.88. The van der Waals surface area contributed by atoms with Gasteiger partial charge < -0.3 is 14.8 Å². The van der Waals surface area contributed by atoms with Crippen molar-refractivity contribution < 1.29 is 22.7 Å². The van der Waals surface area contributed by atoms with Gasteiger partial charge in [-0.25, -0.2) is 8.42 Å². The van der Waals surface area contributed by atoms with Crippen molar-refractivity contribution in [3.63, 3.8) is 0 Å². The van der Waals surface area contributed by atoms with Crippen LogP contribution in [0.25, 0.3) is 0 Å². The van der Waals surface area contributed by atoms with E-state index in [0.717, 1.165) is 11.1 Å². The fourth-order valence-electron chi connectivity index (χ4n) is 2.92. The first-order valence-corrected chi connectivity index (χ1v) is 11.0. The number of carbonyl (C=O) groups excluding carboxylic acids is 1. The molecular formula is C23H24N2O5S. The minimum Gasteiger partial charge on any atom is -0.497 e. The molecule has 8 heteroatoms. The van der Waals surface area contributed by atoms with E-state index in [9.17, 15) is 13.2 Å². The van der Waals surface area contributed by atoms with Gasteiger partial charge in [-0.3, -0.25) is 9.52 Å². The molecule has 3 aromatic carbocycles. The minimum atomic E-state index is -3.98. The topological polar surface area (TPSA) is 93.7 Å². The van der Waals surface area contributed by atoms with Gasteiger partial charge >= 0.3 is 0 Å². The van der Waals surface area contributed by atoms with Crippen molar-refractivity contribution in [2.75, 3.05) is 24.3 Å². The summed E-state index contributed by atoms with van der Waals surface area (Å²) in [5.74, 6) is 0.432. The molecule has 0 aromatic heterocycles. The number of amides is 1. The Labute approximate surface area is 182 Å². The maximum atomic E-state index is 13.0. The Bertz CT molecular complexity index is 1210. The molecule has 0 aliphatic carbocycles. The molecule has 7 nitrogen and oxygen atoms in total. The number of methoxy groups -OCH3 is 2. The standard InChI is InChI=1S/C23H24N2O5S/c1-15-5-6-17(13-16(15)2)23(26)24-19-9-12-21(30-4)22(14-19)31(27,28)25-18-7-10-20(29-3)11-8-18/h5-14,25H,1-4H3,(H,24,26). The lowest BCUT2D eigenvalue weighted by atomic mass is 10.1. The van der Waals surface area contributed by atoms with Gasteiger partial charge in [-0.05, 0) is 79.6 Å². The highest BCUT2D eigenvalue weighted by Crippen LogP contribution is 2.29. The van der Waals surface area contributed by atoms with Crippen molar-refractivity contribution in [3.8, 4) is 11.5 Å². The number of ether oxygens (including phenoxy) is 2. The summed E-state index contributed by atoms with van der Waals surface area (Å²) in [6, 6.07) is 16.3. The van der Waals surface area contributed by atoms with Crippen LogP contribution >= 0.6 is 0 Å². The third kappa shape index (κ3) is 5.16. The first-order valence-electron chi connectivity index (χ1n) is 9.47. The number of hydrogen-bond acceptors (Lipinski definition) is 5. The summed E-state index contributed by atoms with van der Waals surface area (Å²) in [6.07, 6.45) is 0. The Hall–Kier alpha value is -3.52. The molecule has 0 fully saturated rings. The van der Waals surface area contributed by atoms with Gasteiger partial charge in [-0.2, -0.15) is 0 Å². The molecule has 0 saturated heterocycles. The van der Waals surface area contributed by atoms with Crippen LogP contribution in [0, 0.1) is 13.8 Å². The van der Waals surface area contributed by atoms with Gasteiger partial charge in [-0.15, -0.1) is 0 Å². The van der Waals surface area contributed by atoms with Gasteiger partial charge in [0, 0.05) is 16.9 Å². The molecule has 0 spiro atoms. The molecule has 0 aliphatic heterocycles. The van der Waals surface area contributed by atoms with E-state index in [0.29, 0.717) is 22.7 Å². The van der Waals surface area contributed by atoms with Crippen LogP contribution in [0.5, 0.6) is 11.5 Å². The fourth-order valence-corrected chi connectivity index (χ4v) is 4.17. The van der Waals surface area contributed by atoms with Crippen LogP contribution in [0.2, 0.25) is 0 Å². The maximum Gasteiger partial charge on any atom is 0.265 e. The molecule has 0 heterocycles. The van der Waals surface area contributed by atoms with Gasteiger partial charge in [0.25, 0.3) is 15.9 Å². The quantitative estimate of drug-likeness (QED) is 0.569. The Morgan fingerprint density at radius 1 is 0.806 bits per heavy atom. The van der Waals surface area contributed by atoms with Crippen LogP contribution in [0.4, 0.5) is 11.4 Å². The third-order valence-corrected chi connectivity index (χ3v) is 6.22. The zero-order chi connectivity index (χ0) is 22.6. The number of benzene rings is 3. The lowest BCUT2D eigenvalue weighted by Gasteiger charge is -2.14. The molecule has 3 aromatic rings. The average molecular weight is 441 g/mol. The average Bonchev–Trinajstić information content (AvgIpc) is 2.76. The summed E-state index contributed by atoms with van der Waals surface area (Å²) in [6.45, 7) is 3.89.